The van der Waals surface area contributed by atoms with Gasteiger partial charge < -0.3 is 5.73 Å². The van der Waals surface area contributed by atoms with E-state index in [1.807, 2.05) is 0 Å². The average Bonchev–Trinajstić information content (AvgIpc) is 2.57. The molecule has 2 fully saturated rings. The third-order valence-corrected chi connectivity index (χ3v) is 3.47. The predicted octanol–water partition coefficient (Wildman–Crippen LogP) is 1.35. The third-order valence-electron chi connectivity index (χ3n) is 3.47. The van der Waals surface area contributed by atoms with Gasteiger partial charge in [-0.1, -0.05) is 0 Å². The van der Waals surface area contributed by atoms with Crippen LogP contribution in [0.3, 0.4) is 0 Å². The summed E-state index contributed by atoms with van der Waals surface area (Å²) in [6.07, 6.45) is 5.16. The van der Waals surface area contributed by atoms with Gasteiger partial charge in [-0.2, -0.15) is 0 Å². The van der Waals surface area contributed by atoms with Crippen molar-refractivity contribution in [2.24, 2.45) is 5.73 Å². The molecule has 2 aliphatic rings. The van der Waals surface area contributed by atoms with Crippen LogP contribution in [0.4, 0.5) is 0 Å². The minimum absolute atomic E-state index is 0.196. The van der Waals surface area contributed by atoms with Crippen LogP contribution < -0.4 is 5.73 Å². The Morgan fingerprint density at radius 1 is 1.25 bits per heavy atom. The van der Waals surface area contributed by atoms with Gasteiger partial charge in [0.15, 0.2) is 0 Å². The molecule has 0 unspecified atom stereocenters. The lowest BCUT2D eigenvalue weighted by molar-refractivity contribution is 0.160. The summed E-state index contributed by atoms with van der Waals surface area (Å²) in [4.78, 5) is 2.57. The Morgan fingerprint density at radius 2 is 1.92 bits per heavy atom. The first-order valence-corrected chi connectivity index (χ1v) is 5.06. The molecule has 0 spiro atoms. The van der Waals surface area contributed by atoms with E-state index in [-0.39, 0.29) is 5.54 Å². The first-order valence-electron chi connectivity index (χ1n) is 5.06. The van der Waals surface area contributed by atoms with Gasteiger partial charge in [-0.05, 0) is 46.1 Å². The first kappa shape index (κ1) is 8.52. The van der Waals surface area contributed by atoms with Crippen molar-refractivity contribution in [3.05, 3.63) is 0 Å². The number of likely N-dealkylation sites (tertiary alicyclic amines) is 1. The van der Waals surface area contributed by atoms with E-state index in [2.05, 4.69) is 18.7 Å². The molecule has 1 saturated heterocycles. The Hall–Kier alpha value is -0.0800. The van der Waals surface area contributed by atoms with Crippen LogP contribution in [0.2, 0.25) is 0 Å². The fourth-order valence-electron chi connectivity index (χ4n) is 2.16. The molecule has 0 aromatic rings. The van der Waals surface area contributed by atoms with Crippen molar-refractivity contribution < 1.29 is 0 Å². The van der Waals surface area contributed by atoms with Gasteiger partial charge in [0, 0.05) is 17.6 Å². The smallest absolute Gasteiger partial charge is 0.0285 e. The van der Waals surface area contributed by atoms with Crippen LogP contribution in [0.25, 0.3) is 0 Å². The Morgan fingerprint density at radius 3 is 2.33 bits per heavy atom. The Kier molecular flexibility index (Phi) is 1.74. The number of hydrogen-bond acceptors (Lipinski definition) is 2. The maximum atomic E-state index is 6.11. The second-order valence-corrected chi connectivity index (χ2v) is 5.20. The van der Waals surface area contributed by atoms with Crippen molar-refractivity contribution in [3.8, 4) is 0 Å². The highest BCUT2D eigenvalue weighted by atomic mass is 15.2. The summed E-state index contributed by atoms with van der Waals surface area (Å²) in [7, 11) is 0. The molecule has 0 aromatic heterocycles. The molecule has 2 rings (SSSR count). The van der Waals surface area contributed by atoms with Crippen molar-refractivity contribution in [3.63, 3.8) is 0 Å². The molecular formula is C10H20N2. The van der Waals surface area contributed by atoms with Gasteiger partial charge >= 0.3 is 0 Å². The summed E-state index contributed by atoms with van der Waals surface area (Å²) in [5.41, 5.74) is 6.71. The SMILES string of the molecule is CC1(C)CCCN1CC1(N)CC1. The largest absolute Gasteiger partial charge is 0.324 e. The van der Waals surface area contributed by atoms with Gasteiger partial charge in [0.25, 0.3) is 0 Å². The van der Waals surface area contributed by atoms with E-state index in [4.69, 9.17) is 5.73 Å². The maximum absolute atomic E-state index is 6.11. The summed E-state index contributed by atoms with van der Waals surface area (Å²) in [6.45, 7) is 7.06. The van der Waals surface area contributed by atoms with E-state index in [1.165, 1.54) is 32.2 Å². The van der Waals surface area contributed by atoms with Gasteiger partial charge in [-0.15, -0.1) is 0 Å². The summed E-state index contributed by atoms with van der Waals surface area (Å²) in [5.74, 6) is 0. The third kappa shape index (κ3) is 1.50. The van der Waals surface area contributed by atoms with E-state index < -0.39 is 0 Å². The second-order valence-electron chi connectivity index (χ2n) is 5.20. The van der Waals surface area contributed by atoms with E-state index in [9.17, 15) is 0 Å². The molecule has 0 radical (unpaired) electrons. The standard InChI is InChI=1S/C10H20N2/c1-9(2)4-3-7-12(9)8-10(11)5-6-10/h3-8,11H2,1-2H3. The lowest BCUT2D eigenvalue weighted by atomic mass is 10.0. The molecule has 70 valence electrons. The Balaban J connectivity index is 1.95. The van der Waals surface area contributed by atoms with Crippen molar-refractivity contribution in [1.29, 1.82) is 0 Å². The normalized spacial score (nSPS) is 32.2. The number of nitrogens with zero attached hydrogens (tertiary/aromatic N) is 1. The van der Waals surface area contributed by atoms with E-state index in [0.717, 1.165) is 6.54 Å². The van der Waals surface area contributed by atoms with E-state index in [1.54, 1.807) is 0 Å². The fourth-order valence-corrected chi connectivity index (χ4v) is 2.16. The van der Waals surface area contributed by atoms with E-state index >= 15 is 0 Å². The topological polar surface area (TPSA) is 29.3 Å². The molecule has 2 nitrogen and oxygen atoms in total. The van der Waals surface area contributed by atoms with Gasteiger partial charge in [-0.25, -0.2) is 0 Å². The number of rotatable bonds is 2. The molecular weight excluding hydrogens is 148 g/mol. The monoisotopic (exact) mass is 168 g/mol. The first-order chi connectivity index (χ1) is 5.52. The second kappa shape index (κ2) is 2.46. The molecule has 12 heavy (non-hydrogen) atoms. The predicted molar refractivity (Wildman–Crippen MR) is 51.0 cm³/mol. The Bertz CT molecular complexity index is 182. The molecule has 1 aliphatic heterocycles. The lowest BCUT2D eigenvalue weighted by Gasteiger charge is -2.33. The molecule has 0 bridgehead atoms. The van der Waals surface area contributed by atoms with Gasteiger partial charge in [-0.3, -0.25) is 4.90 Å². The van der Waals surface area contributed by atoms with Crippen molar-refractivity contribution in [1.82, 2.24) is 4.90 Å². The minimum Gasteiger partial charge on any atom is -0.324 e. The van der Waals surface area contributed by atoms with Crippen LogP contribution in [-0.4, -0.2) is 29.1 Å². The van der Waals surface area contributed by atoms with Gasteiger partial charge in [0.1, 0.15) is 0 Å². The molecule has 0 aromatic carbocycles. The number of hydrogen-bond donors (Lipinski definition) is 1. The van der Waals surface area contributed by atoms with Gasteiger partial charge in [0.2, 0.25) is 0 Å². The fraction of sp³-hybridized carbons (Fsp3) is 1.00. The van der Waals surface area contributed by atoms with Crippen LogP contribution in [0, 0.1) is 0 Å². The van der Waals surface area contributed by atoms with Crippen LogP contribution >= 0.6 is 0 Å². The van der Waals surface area contributed by atoms with Crippen LogP contribution in [0.15, 0.2) is 0 Å². The molecule has 0 amide bonds. The summed E-state index contributed by atoms with van der Waals surface area (Å²) in [6, 6.07) is 0. The lowest BCUT2D eigenvalue weighted by Crippen LogP contribution is -2.46. The van der Waals surface area contributed by atoms with E-state index in [0.29, 0.717) is 5.54 Å². The summed E-state index contributed by atoms with van der Waals surface area (Å²) < 4.78 is 0. The zero-order valence-electron chi connectivity index (χ0n) is 8.27. The zero-order valence-corrected chi connectivity index (χ0v) is 8.27. The molecule has 1 aliphatic carbocycles. The highest BCUT2D eigenvalue weighted by molar-refractivity contribution is 5.04. The van der Waals surface area contributed by atoms with Crippen molar-refractivity contribution >= 4 is 0 Å². The molecule has 2 N–H and O–H groups in total. The van der Waals surface area contributed by atoms with Gasteiger partial charge in [0.05, 0.1) is 0 Å². The van der Waals surface area contributed by atoms with Crippen molar-refractivity contribution in [2.45, 2.75) is 50.6 Å². The van der Waals surface area contributed by atoms with Crippen molar-refractivity contribution in [2.75, 3.05) is 13.1 Å². The highest BCUT2D eigenvalue weighted by Crippen LogP contribution is 2.37. The molecule has 1 saturated carbocycles. The summed E-state index contributed by atoms with van der Waals surface area (Å²) >= 11 is 0. The zero-order chi connectivity index (χ0) is 8.82. The molecule has 2 heteroatoms. The quantitative estimate of drug-likeness (QED) is 0.674. The number of nitrogens with two attached hydrogens (primary N) is 1. The minimum atomic E-state index is 0.196. The Labute approximate surface area is 75.1 Å². The highest BCUT2D eigenvalue weighted by Gasteiger charge is 2.43. The van der Waals surface area contributed by atoms with Crippen LogP contribution in [-0.2, 0) is 0 Å². The van der Waals surface area contributed by atoms with Crippen LogP contribution in [0.1, 0.15) is 39.5 Å². The average molecular weight is 168 g/mol. The van der Waals surface area contributed by atoms with Crippen LogP contribution in [0.5, 0.6) is 0 Å². The summed E-state index contributed by atoms with van der Waals surface area (Å²) in [5, 5.41) is 0. The molecule has 1 heterocycles. The molecule has 0 atom stereocenters. The maximum Gasteiger partial charge on any atom is 0.0285 e.